The van der Waals surface area contributed by atoms with Crippen molar-refractivity contribution in [2.75, 3.05) is 13.7 Å². The van der Waals surface area contributed by atoms with Crippen LogP contribution < -0.4 is 15.6 Å². The van der Waals surface area contributed by atoms with E-state index in [1.807, 2.05) is 23.6 Å². The molecular weight excluding hydrogens is 392 g/mol. The Labute approximate surface area is 174 Å². The molecule has 2 aromatic carbocycles. The van der Waals surface area contributed by atoms with Crippen molar-refractivity contribution >= 4 is 44.7 Å². The Morgan fingerprint density at radius 2 is 1.89 bits per heavy atom. The number of aromatic amines is 1. The fourth-order valence-corrected chi connectivity index (χ4v) is 4.44. The number of methoxy groups -OCH3 is 1. The Kier molecular flexibility index (Phi) is 6.08. The first-order valence-electron chi connectivity index (χ1n) is 9.08. The first kappa shape index (κ1) is 20.4. The fourth-order valence-electron chi connectivity index (χ4n) is 3.65. The van der Waals surface area contributed by atoms with Gasteiger partial charge in [-0.25, -0.2) is 0 Å². The second-order valence-corrected chi connectivity index (χ2v) is 7.50. The number of rotatable bonds is 5. The van der Waals surface area contributed by atoms with Crippen molar-refractivity contribution in [3.63, 3.8) is 0 Å². The predicted octanol–water partition coefficient (Wildman–Crippen LogP) is 5.51. The van der Waals surface area contributed by atoms with E-state index in [2.05, 4.69) is 48.4 Å². The highest BCUT2D eigenvalue weighted by Crippen LogP contribution is 2.40. The lowest BCUT2D eigenvalue weighted by Crippen LogP contribution is -2.17. The minimum atomic E-state index is -0.0431. The molecule has 1 unspecified atom stereocenters. The summed E-state index contributed by atoms with van der Waals surface area (Å²) in [4.78, 5) is 15.4. The van der Waals surface area contributed by atoms with Crippen molar-refractivity contribution < 1.29 is 4.74 Å². The molecule has 0 bridgehead atoms. The van der Waals surface area contributed by atoms with Crippen LogP contribution in [0.15, 0.2) is 52.6 Å². The number of nitrogens with one attached hydrogen (secondary N) is 2. The number of H-pyrrole nitrogens is 1. The molecule has 4 aromatic rings. The Morgan fingerprint density at radius 1 is 1.14 bits per heavy atom. The summed E-state index contributed by atoms with van der Waals surface area (Å²) in [5.41, 5.74) is 4.11. The Bertz CT molecular complexity index is 1170. The molecule has 0 spiro atoms. The molecule has 0 aliphatic rings. The van der Waals surface area contributed by atoms with E-state index in [0.717, 1.165) is 44.4 Å². The number of halogens is 1. The standard InChI is InChI=1S/C22H22N2O2S.ClH/c1-4-23-13(2)14-5-7-15(8-6-14)19-18(26-3)10-9-17-20(19)16-11-12-27-21(16)22(25)24-17;/h5-13,23H,4H2,1-3H3,(H,24,25);1H. The van der Waals surface area contributed by atoms with Gasteiger partial charge in [-0.05, 0) is 48.2 Å². The lowest BCUT2D eigenvalue weighted by molar-refractivity contribution is 0.417. The van der Waals surface area contributed by atoms with Crippen molar-refractivity contribution in [2.24, 2.45) is 0 Å². The highest BCUT2D eigenvalue weighted by molar-refractivity contribution is 7.17. The van der Waals surface area contributed by atoms with Crippen LogP contribution in [0, 0.1) is 0 Å². The van der Waals surface area contributed by atoms with Crippen molar-refractivity contribution in [3.05, 3.63) is 63.8 Å². The molecule has 0 fully saturated rings. The number of hydrogen-bond donors (Lipinski definition) is 2. The summed E-state index contributed by atoms with van der Waals surface area (Å²) in [6.45, 7) is 5.21. The zero-order chi connectivity index (χ0) is 19.0. The summed E-state index contributed by atoms with van der Waals surface area (Å²) in [5.74, 6) is 0.800. The van der Waals surface area contributed by atoms with Crippen LogP contribution in [0.4, 0.5) is 0 Å². The molecule has 2 aromatic heterocycles. The molecule has 146 valence electrons. The van der Waals surface area contributed by atoms with Crippen molar-refractivity contribution in [1.29, 1.82) is 0 Å². The summed E-state index contributed by atoms with van der Waals surface area (Å²) >= 11 is 1.47. The van der Waals surface area contributed by atoms with Crippen LogP contribution >= 0.6 is 23.7 Å². The van der Waals surface area contributed by atoms with E-state index in [1.54, 1.807) is 7.11 Å². The van der Waals surface area contributed by atoms with Gasteiger partial charge in [0.05, 0.1) is 7.11 Å². The summed E-state index contributed by atoms with van der Waals surface area (Å²) in [6, 6.07) is 14.7. The smallest absolute Gasteiger partial charge is 0.266 e. The van der Waals surface area contributed by atoms with Crippen LogP contribution in [0.1, 0.15) is 25.5 Å². The quantitative estimate of drug-likeness (QED) is 0.452. The third-order valence-electron chi connectivity index (χ3n) is 4.99. The summed E-state index contributed by atoms with van der Waals surface area (Å²) in [5, 5.41) is 7.39. The molecule has 0 aliphatic carbocycles. The normalized spacial score (nSPS) is 12.1. The van der Waals surface area contributed by atoms with E-state index in [1.165, 1.54) is 16.9 Å². The van der Waals surface area contributed by atoms with Gasteiger partial charge in [-0.1, -0.05) is 31.2 Å². The van der Waals surface area contributed by atoms with Crippen LogP contribution in [-0.4, -0.2) is 18.6 Å². The number of ether oxygens (including phenoxy) is 1. The van der Waals surface area contributed by atoms with Gasteiger partial charge in [-0.15, -0.1) is 23.7 Å². The number of aromatic nitrogens is 1. The largest absolute Gasteiger partial charge is 0.496 e. The van der Waals surface area contributed by atoms with Gasteiger partial charge in [0, 0.05) is 27.9 Å². The van der Waals surface area contributed by atoms with Crippen LogP contribution in [-0.2, 0) is 0 Å². The molecule has 4 nitrogen and oxygen atoms in total. The van der Waals surface area contributed by atoms with Gasteiger partial charge in [0.15, 0.2) is 0 Å². The molecule has 2 N–H and O–H groups in total. The summed E-state index contributed by atoms with van der Waals surface area (Å²) < 4.78 is 6.42. The zero-order valence-electron chi connectivity index (χ0n) is 16.0. The van der Waals surface area contributed by atoms with E-state index in [-0.39, 0.29) is 18.0 Å². The predicted molar refractivity (Wildman–Crippen MR) is 121 cm³/mol. The van der Waals surface area contributed by atoms with Crippen molar-refractivity contribution in [2.45, 2.75) is 19.9 Å². The van der Waals surface area contributed by atoms with Crippen LogP contribution in [0.5, 0.6) is 5.75 Å². The number of thiophene rings is 1. The van der Waals surface area contributed by atoms with E-state index in [0.29, 0.717) is 6.04 Å². The Balaban J connectivity index is 0.00000225. The average Bonchev–Trinajstić information content (AvgIpc) is 3.18. The van der Waals surface area contributed by atoms with Crippen LogP contribution in [0.3, 0.4) is 0 Å². The molecule has 0 radical (unpaired) electrons. The first-order valence-corrected chi connectivity index (χ1v) is 9.96. The molecular formula is C22H23ClN2O2S. The minimum absolute atomic E-state index is 0. The fraction of sp³-hybridized carbons (Fsp3) is 0.227. The topological polar surface area (TPSA) is 54.1 Å². The lowest BCUT2D eigenvalue weighted by atomic mass is 9.95. The lowest BCUT2D eigenvalue weighted by Gasteiger charge is -2.16. The maximum absolute atomic E-state index is 12.4. The van der Waals surface area contributed by atoms with E-state index >= 15 is 0 Å². The molecule has 0 saturated carbocycles. The van der Waals surface area contributed by atoms with Gasteiger partial charge in [0.1, 0.15) is 10.4 Å². The number of benzene rings is 2. The number of pyridine rings is 1. The van der Waals surface area contributed by atoms with Crippen molar-refractivity contribution in [1.82, 2.24) is 10.3 Å². The Hall–Kier alpha value is -2.34. The summed E-state index contributed by atoms with van der Waals surface area (Å²) in [6.07, 6.45) is 0. The van der Waals surface area contributed by atoms with Gasteiger partial charge < -0.3 is 15.0 Å². The molecule has 28 heavy (non-hydrogen) atoms. The van der Waals surface area contributed by atoms with Crippen LogP contribution in [0.25, 0.3) is 32.1 Å². The van der Waals surface area contributed by atoms with Gasteiger partial charge >= 0.3 is 0 Å². The highest BCUT2D eigenvalue weighted by atomic mass is 35.5. The molecule has 0 aliphatic heterocycles. The minimum Gasteiger partial charge on any atom is -0.496 e. The molecule has 4 rings (SSSR count). The van der Waals surface area contributed by atoms with Gasteiger partial charge in [0.25, 0.3) is 5.56 Å². The third kappa shape index (κ3) is 3.41. The molecule has 0 amide bonds. The second kappa shape index (κ2) is 8.35. The van der Waals surface area contributed by atoms with Crippen LogP contribution in [0.2, 0.25) is 0 Å². The first-order chi connectivity index (χ1) is 13.1. The zero-order valence-corrected chi connectivity index (χ0v) is 17.7. The van der Waals surface area contributed by atoms with E-state index in [4.69, 9.17) is 4.74 Å². The Morgan fingerprint density at radius 3 is 2.57 bits per heavy atom. The maximum Gasteiger partial charge on any atom is 0.266 e. The monoisotopic (exact) mass is 414 g/mol. The number of fused-ring (bicyclic) bond motifs is 3. The second-order valence-electron chi connectivity index (χ2n) is 6.58. The maximum atomic E-state index is 12.4. The van der Waals surface area contributed by atoms with E-state index < -0.39 is 0 Å². The highest BCUT2D eigenvalue weighted by Gasteiger charge is 2.16. The third-order valence-corrected chi connectivity index (χ3v) is 5.90. The number of hydrogen-bond acceptors (Lipinski definition) is 4. The van der Waals surface area contributed by atoms with Gasteiger partial charge in [-0.2, -0.15) is 0 Å². The molecule has 6 heteroatoms. The van der Waals surface area contributed by atoms with E-state index in [9.17, 15) is 4.79 Å². The molecule has 1 atom stereocenters. The van der Waals surface area contributed by atoms with Gasteiger partial charge in [-0.3, -0.25) is 4.79 Å². The molecule has 0 saturated heterocycles. The SMILES string of the molecule is CCNC(C)c1ccc(-c2c(OC)ccc3[nH]c(=O)c4sccc4c23)cc1.Cl. The summed E-state index contributed by atoms with van der Waals surface area (Å²) in [7, 11) is 1.68. The average molecular weight is 415 g/mol. The van der Waals surface area contributed by atoms with Gasteiger partial charge in [0.2, 0.25) is 0 Å². The van der Waals surface area contributed by atoms with Crippen molar-refractivity contribution in [3.8, 4) is 16.9 Å². The molecule has 2 heterocycles.